The van der Waals surface area contributed by atoms with Crippen molar-refractivity contribution in [2.75, 3.05) is 32.9 Å². The predicted molar refractivity (Wildman–Crippen MR) is 80.4 cm³/mol. The molecular formula is C14H22N2O2S. The average molecular weight is 282 g/mol. The van der Waals surface area contributed by atoms with E-state index in [0.29, 0.717) is 6.54 Å². The third kappa shape index (κ3) is 8.53. The van der Waals surface area contributed by atoms with Gasteiger partial charge in [-0.05, 0) is 25.6 Å². The van der Waals surface area contributed by atoms with Crippen molar-refractivity contribution in [1.29, 1.82) is 0 Å². The highest BCUT2D eigenvalue weighted by molar-refractivity contribution is 7.88. The molecule has 19 heavy (non-hydrogen) atoms. The fourth-order valence-corrected chi connectivity index (χ4v) is 2.15. The zero-order chi connectivity index (χ0) is 14.1. The summed E-state index contributed by atoms with van der Waals surface area (Å²) in [5, 5.41) is 0. The Morgan fingerprint density at radius 3 is 2.58 bits per heavy atom. The lowest BCUT2D eigenvalue weighted by Crippen LogP contribution is -2.27. The van der Waals surface area contributed by atoms with Gasteiger partial charge in [-0.25, -0.2) is 13.1 Å². The summed E-state index contributed by atoms with van der Waals surface area (Å²) < 4.78 is 24.2. The Morgan fingerprint density at radius 1 is 1.26 bits per heavy atom. The second-order valence-electron chi connectivity index (χ2n) is 4.60. The van der Waals surface area contributed by atoms with E-state index in [1.54, 1.807) is 0 Å². The van der Waals surface area contributed by atoms with Crippen LogP contribution in [-0.2, 0) is 10.0 Å². The molecule has 5 heteroatoms. The second kappa shape index (κ2) is 8.09. The van der Waals surface area contributed by atoms with Gasteiger partial charge in [0, 0.05) is 13.1 Å². The summed E-state index contributed by atoms with van der Waals surface area (Å²) in [4.78, 5) is 2.16. The molecule has 0 saturated heterocycles. The molecule has 0 aromatic heterocycles. The fraction of sp³-hybridized carbons (Fsp3) is 0.429. The van der Waals surface area contributed by atoms with Crippen molar-refractivity contribution in [1.82, 2.24) is 9.62 Å². The normalized spacial score (nSPS) is 12.4. The van der Waals surface area contributed by atoms with Crippen LogP contribution in [0, 0.1) is 0 Å². The Labute approximate surface area is 116 Å². The van der Waals surface area contributed by atoms with Crippen LogP contribution in [0.1, 0.15) is 12.0 Å². The molecule has 1 N–H and O–H groups in total. The topological polar surface area (TPSA) is 49.4 Å². The molecule has 0 aliphatic rings. The van der Waals surface area contributed by atoms with E-state index in [9.17, 15) is 8.42 Å². The third-order valence-corrected chi connectivity index (χ3v) is 3.34. The molecule has 106 valence electrons. The minimum absolute atomic E-state index is 0.492. The first-order valence-electron chi connectivity index (χ1n) is 6.32. The van der Waals surface area contributed by atoms with Crippen molar-refractivity contribution >= 4 is 16.1 Å². The predicted octanol–water partition coefficient (Wildman–Crippen LogP) is 1.57. The lowest BCUT2D eigenvalue weighted by Gasteiger charge is -2.13. The number of hydrogen-bond donors (Lipinski definition) is 1. The van der Waals surface area contributed by atoms with Crippen molar-refractivity contribution < 1.29 is 8.42 Å². The molecule has 0 aliphatic heterocycles. The summed E-state index contributed by atoms with van der Waals surface area (Å²) in [6.07, 6.45) is 6.19. The van der Waals surface area contributed by atoms with E-state index in [1.807, 2.05) is 25.2 Å². The number of rotatable bonds is 8. The molecule has 0 atom stereocenters. The number of nitrogens with zero attached hydrogens (tertiary/aromatic N) is 1. The van der Waals surface area contributed by atoms with Gasteiger partial charge in [-0.3, -0.25) is 0 Å². The SMILES string of the molecule is CN(CC=Cc1ccccc1)CCCNS(C)(=O)=O. The van der Waals surface area contributed by atoms with Gasteiger partial charge >= 0.3 is 0 Å². The van der Waals surface area contributed by atoms with Crippen LogP contribution in [0.25, 0.3) is 6.08 Å². The Kier molecular flexibility index (Phi) is 6.77. The Hall–Kier alpha value is -1.17. The van der Waals surface area contributed by atoms with Gasteiger partial charge in [0.1, 0.15) is 0 Å². The van der Waals surface area contributed by atoms with E-state index < -0.39 is 10.0 Å². The lowest BCUT2D eigenvalue weighted by atomic mass is 10.2. The summed E-state index contributed by atoms with van der Waals surface area (Å²) in [5.41, 5.74) is 1.19. The highest BCUT2D eigenvalue weighted by Gasteiger charge is 2.00. The number of benzene rings is 1. The first-order chi connectivity index (χ1) is 8.97. The van der Waals surface area contributed by atoms with Gasteiger partial charge in [-0.15, -0.1) is 0 Å². The minimum Gasteiger partial charge on any atom is -0.303 e. The number of likely N-dealkylation sites (N-methyl/N-ethyl adjacent to an activating group) is 1. The molecule has 0 aliphatic carbocycles. The minimum atomic E-state index is -3.06. The van der Waals surface area contributed by atoms with Crippen LogP contribution < -0.4 is 4.72 Å². The van der Waals surface area contributed by atoms with E-state index in [4.69, 9.17) is 0 Å². The number of sulfonamides is 1. The van der Waals surface area contributed by atoms with Gasteiger partial charge < -0.3 is 4.90 Å². The van der Waals surface area contributed by atoms with Crippen molar-refractivity contribution in [3.05, 3.63) is 42.0 Å². The van der Waals surface area contributed by atoms with Gasteiger partial charge in [0.05, 0.1) is 6.26 Å². The molecule has 0 spiro atoms. The van der Waals surface area contributed by atoms with Crippen molar-refractivity contribution in [3.63, 3.8) is 0 Å². The Bertz CT molecular complexity index is 483. The molecule has 1 rings (SSSR count). The van der Waals surface area contributed by atoms with Crippen molar-refractivity contribution in [2.24, 2.45) is 0 Å². The molecule has 0 saturated carbocycles. The van der Waals surface area contributed by atoms with Crippen LogP contribution in [0.5, 0.6) is 0 Å². The van der Waals surface area contributed by atoms with Crippen molar-refractivity contribution in [3.8, 4) is 0 Å². The molecular weight excluding hydrogens is 260 g/mol. The summed E-state index contributed by atoms with van der Waals surface area (Å²) in [6.45, 7) is 2.21. The zero-order valence-corrected chi connectivity index (χ0v) is 12.4. The molecule has 0 radical (unpaired) electrons. The van der Waals surface area contributed by atoms with Crippen LogP contribution >= 0.6 is 0 Å². The standard InChI is InChI=1S/C14H22N2O2S/c1-16(13-7-11-15-19(2,17)18)12-6-10-14-8-4-3-5-9-14/h3-6,8-10,15H,7,11-13H2,1-2H3. The van der Waals surface area contributed by atoms with E-state index in [1.165, 1.54) is 11.8 Å². The lowest BCUT2D eigenvalue weighted by molar-refractivity contribution is 0.364. The highest BCUT2D eigenvalue weighted by atomic mass is 32.2. The number of nitrogens with one attached hydrogen (secondary N) is 1. The van der Waals surface area contributed by atoms with Crippen LogP contribution in [0.3, 0.4) is 0 Å². The van der Waals surface area contributed by atoms with Crippen LogP contribution in [0.2, 0.25) is 0 Å². The first kappa shape index (κ1) is 15.9. The average Bonchev–Trinajstić information content (AvgIpc) is 2.35. The van der Waals surface area contributed by atoms with Gasteiger partial charge in [-0.1, -0.05) is 42.5 Å². The Morgan fingerprint density at radius 2 is 1.95 bits per heavy atom. The molecule has 0 unspecified atom stereocenters. The summed E-state index contributed by atoms with van der Waals surface area (Å²) in [6, 6.07) is 10.2. The van der Waals surface area contributed by atoms with E-state index in [0.717, 1.165) is 19.5 Å². The molecule has 0 amide bonds. The quantitative estimate of drug-likeness (QED) is 0.736. The highest BCUT2D eigenvalue weighted by Crippen LogP contribution is 2.01. The van der Waals surface area contributed by atoms with Crippen LogP contribution in [0.15, 0.2) is 36.4 Å². The molecule has 4 nitrogen and oxygen atoms in total. The third-order valence-electron chi connectivity index (χ3n) is 2.61. The van der Waals surface area contributed by atoms with E-state index in [2.05, 4.69) is 33.9 Å². The molecule has 0 fully saturated rings. The molecule has 0 bridgehead atoms. The van der Waals surface area contributed by atoms with Crippen LogP contribution in [0.4, 0.5) is 0 Å². The maximum atomic E-state index is 10.9. The first-order valence-corrected chi connectivity index (χ1v) is 8.21. The maximum Gasteiger partial charge on any atom is 0.208 e. The summed E-state index contributed by atoms with van der Waals surface area (Å²) >= 11 is 0. The molecule has 0 heterocycles. The Balaban J connectivity index is 2.18. The van der Waals surface area contributed by atoms with Crippen molar-refractivity contribution in [2.45, 2.75) is 6.42 Å². The second-order valence-corrected chi connectivity index (χ2v) is 6.43. The van der Waals surface area contributed by atoms with Gasteiger partial charge in [0.2, 0.25) is 10.0 Å². The van der Waals surface area contributed by atoms with Gasteiger partial charge in [0.15, 0.2) is 0 Å². The largest absolute Gasteiger partial charge is 0.303 e. The fourth-order valence-electron chi connectivity index (χ4n) is 1.63. The maximum absolute atomic E-state index is 10.9. The van der Waals surface area contributed by atoms with Gasteiger partial charge in [-0.2, -0.15) is 0 Å². The smallest absolute Gasteiger partial charge is 0.208 e. The van der Waals surface area contributed by atoms with Crippen LogP contribution in [-0.4, -0.2) is 46.3 Å². The molecule has 1 aromatic carbocycles. The molecule has 1 aromatic rings. The number of hydrogen-bond acceptors (Lipinski definition) is 3. The monoisotopic (exact) mass is 282 g/mol. The summed E-state index contributed by atoms with van der Waals surface area (Å²) in [5.74, 6) is 0. The van der Waals surface area contributed by atoms with Gasteiger partial charge in [0.25, 0.3) is 0 Å². The van der Waals surface area contributed by atoms with E-state index >= 15 is 0 Å². The summed E-state index contributed by atoms with van der Waals surface area (Å²) in [7, 11) is -1.03. The van der Waals surface area contributed by atoms with E-state index in [-0.39, 0.29) is 0 Å². The zero-order valence-electron chi connectivity index (χ0n) is 11.5.